The average Bonchev–Trinajstić information content (AvgIpc) is 2.52. The molecule has 21 heavy (non-hydrogen) atoms. The first kappa shape index (κ1) is 16.0. The Kier molecular flexibility index (Phi) is 5.76. The van der Waals surface area contributed by atoms with Crippen molar-refractivity contribution in [2.75, 3.05) is 13.2 Å². The summed E-state index contributed by atoms with van der Waals surface area (Å²) < 4.78 is 5.82. The Morgan fingerprint density at radius 3 is 2.86 bits per heavy atom. The minimum absolute atomic E-state index is 0.0450. The lowest BCUT2D eigenvalue weighted by Gasteiger charge is -2.38. The van der Waals surface area contributed by atoms with E-state index in [0.717, 1.165) is 31.4 Å². The Morgan fingerprint density at radius 1 is 1.38 bits per heavy atom. The largest absolute Gasteiger partial charge is 0.375 e. The van der Waals surface area contributed by atoms with E-state index < -0.39 is 0 Å². The molecule has 4 nitrogen and oxygen atoms in total. The molecule has 0 spiro atoms. The second kappa shape index (κ2) is 7.57. The zero-order chi connectivity index (χ0) is 15.1. The lowest BCUT2D eigenvalue weighted by molar-refractivity contribution is -0.121. The quantitative estimate of drug-likeness (QED) is 0.845. The summed E-state index contributed by atoms with van der Waals surface area (Å²) in [6, 6.07) is 10.3. The van der Waals surface area contributed by atoms with E-state index in [1.165, 1.54) is 0 Å². The first-order chi connectivity index (χ1) is 10.1. The third-order valence-electron chi connectivity index (χ3n) is 4.23. The summed E-state index contributed by atoms with van der Waals surface area (Å²) in [6.45, 7) is 6.03. The maximum atomic E-state index is 11.9. The highest BCUT2D eigenvalue weighted by atomic mass is 16.5. The van der Waals surface area contributed by atoms with Crippen LogP contribution < -0.4 is 10.6 Å². The van der Waals surface area contributed by atoms with Crippen molar-refractivity contribution >= 4 is 5.91 Å². The van der Waals surface area contributed by atoms with Gasteiger partial charge >= 0.3 is 0 Å². The molecule has 1 heterocycles. The van der Waals surface area contributed by atoms with E-state index in [9.17, 15) is 4.79 Å². The van der Waals surface area contributed by atoms with Gasteiger partial charge in [-0.25, -0.2) is 0 Å². The lowest BCUT2D eigenvalue weighted by Crippen LogP contribution is -2.47. The summed E-state index contributed by atoms with van der Waals surface area (Å²) in [7, 11) is 0. The number of ether oxygens (including phenoxy) is 1. The number of carbonyl (C=O) groups excluding carboxylic acids is 1. The van der Waals surface area contributed by atoms with E-state index in [1.54, 1.807) is 0 Å². The summed E-state index contributed by atoms with van der Waals surface area (Å²) in [5, 5.41) is 6.30. The second-order valence-electron chi connectivity index (χ2n) is 5.98. The van der Waals surface area contributed by atoms with Gasteiger partial charge in [0.15, 0.2) is 0 Å². The molecule has 0 aliphatic carbocycles. The van der Waals surface area contributed by atoms with Gasteiger partial charge in [0, 0.05) is 19.2 Å². The predicted molar refractivity (Wildman–Crippen MR) is 84.0 cm³/mol. The van der Waals surface area contributed by atoms with Crippen molar-refractivity contribution in [3.05, 3.63) is 35.9 Å². The number of hydrogen-bond donors (Lipinski definition) is 2. The molecule has 0 bridgehead atoms. The second-order valence-corrected chi connectivity index (χ2v) is 5.98. The number of nitrogens with one attached hydrogen (secondary N) is 2. The number of benzene rings is 1. The minimum atomic E-state index is -0.0452. The molecule has 1 aromatic carbocycles. The van der Waals surface area contributed by atoms with E-state index >= 15 is 0 Å². The Labute approximate surface area is 127 Å². The van der Waals surface area contributed by atoms with Gasteiger partial charge in [0.05, 0.1) is 12.1 Å². The molecule has 2 rings (SSSR count). The van der Waals surface area contributed by atoms with Crippen LogP contribution in [0.4, 0.5) is 0 Å². The smallest absolute Gasteiger partial charge is 0.234 e. The molecule has 0 aromatic heterocycles. The Balaban J connectivity index is 1.69. The monoisotopic (exact) mass is 290 g/mol. The highest BCUT2D eigenvalue weighted by Crippen LogP contribution is 2.27. The molecule has 1 fully saturated rings. The molecule has 1 aliphatic heterocycles. The van der Waals surface area contributed by atoms with Crippen LogP contribution in [0.2, 0.25) is 0 Å². The molecule has 0 radical (unpaired) electrons. The molecule has 4 heteroatoms. The van der Waals surface area contributed by atoms with Gasteiger partial charge in [0.2, 0.25) is 5.91 Å². The zero-order valence-corrected chi connectivity index (χ0v) is 13.0. The van der Waals surface area contributed by atoms with Crippen LogP contribution in [0.15, 0.2) is 30.3 Å². The van der Waals surface area contributed by atoms with E-state index in [1.807, 2.05) is 30.3 Å². The number of carbonyl (C=O) groups is 1. The molecule has 0 saturated carbocycles. The number of rotatable bonds is 6. The summed E-state index contributed by atoms with van der Waals surface area (Å²) in [6.07, 6.45) is 2.95. The predicted octanol–water partition coefficient (Wildman–Crippen LogP) is 2.24. The Bertz CT molecular complexity index is 449. The highest BCUT2D eigenvalue weighted by molar-refractivity contribution is 5.78. The van der Waals surface area contributed by atoms with E-state index in [0.29, 0.717) is 19.1 Å². The first-order valence-electron chi connectivity index (χ1n) is 7.79. The number of hydrogen-bond acceptors (Lipinski definition) is 3. The molecular weight excluding hydrogens is 264 g/mol. The van der Waals surface area contributed by atoms with E-state index in [2.05, 4.69) is 24.5 Å². The van der Waals surface area contributed by atoms with Gasteiger partial charge in [0.1, 0.15) is 0 Å². The van der Waals surface area contributed by atoms with E-state index in [-0.39, 0.29) is 11.5 Å². The molecular formula is C17H26N2O2. The lowest BCUT2D eigenvalue weighted by atomic mass is 9.90. The van der Waals surface area contributed by atoms with Crippen molar-refractivity contribution in [2.24, 2.45) is 0 Å². The normalized spacial score (nSPS) is 25.5. The minimum Gasteiger partial charge on any atom is -0.375 e. The molecule has 1 aromatic rings. The zero-order valence-electron chi connectivity index (χ0n) is 13.0. The van der Waals surface area contributed by atoms with Crippen LogP contribution in [0.25, 0.3) is 0 Å². The third kappa shape index (κ3) is 5.14. The van der Waals surface area contributed by atoms with Crippen molar-refractivity contribution in [2.45, 2.75) is 51.3 Å². The van der Waals surface area contributed by atoms with Crippen molar-refractivity contribution in [1.82, 2.24) is 10.6 Å². The van der Waals surface area contributed by atoms with E-state index in [4.69, 9.17) is 4.74 Å². The SMILES string of the molecule is CCC1(C)CC(NCC(=O)NCc2ccccc2)CCO1. The van der Waals surface area contributed by atoms with Crippen LogP contribution in [-0.4, -0.2) is 30.7 Å². The maximum Gasteiger partial charge on any atom is 0.234 e. The molecule has 1 amide bonds. The van der Waals surface area contributed by atoms with Crippen LogP contribution in [0.5, 0.6) is 0 Å². The van der Waals surface area contributed by atoms with Gasteiger partial charge < -0.3 is 15.4 Å². The fourth-order valence-electron chi connectivity index (χ4n) is 2.65. The summed E-state index contributed by atoms with van der Waals surface area (Å²) in [4.78, 5) is 11.9. The number of amides is 1. The fourth-order valence-corrected chi connectivity index (χ4v) is 2.65. The molecule has 1 saturated heterocycles. The van der Waals surface area contributed by atoms with Crippen LogP contribution >= 0.6 is 0 Å². The average molecular weight is 290 g/mol. The van der Waals surface area contributed by atoms with Crippen LogP contribution in [-0.2, 0) is 16.1 Å². The van der Waals surface area contributed by atoms with Crippen molar-refractivity contribution < 1.29 is 9.53 Å². The van der Waals surface area contributed by atoms with Crippen LogP contribution in [0.1, 0.15) is 38.7 Å². The molecule has 2 unspecified atom stereocenters. The van der Waals surface area contributed by atoms with Gasteiger partial charge in [-0.05, 0) is 31.7 Å². The van der Waals surface area contributed by atoms with Crippen molar-refractivity contribution in [1.29, 1.82) is 0 Å². The van der Waals surface area contributed by atoms with Crippen molar-refractivity contribution in [3.63, 3.8) is 0 Å². The molecule has 2 N–H and O–H groups in total. The standard InChI is InChI=1S/C17H26N2O2/c1-3-17(2)11-15(9-10-21-17)18-13-16(20)19-12-14-7-5-4-6-8-14/h4-8,15,18H,3,9-13H2,1-2H3,(H,19,20). The van der Waals surface area contributed by atoms with Gasteiger partial charge in [-0.3, -0.25) is 4.79 Å². The third-order valence-corrected chi connectivity index (χ3v) is 4.23. The molecule has 2 atom stereocenters. The summed E-state index contributed by atoms with van der Waals surface area (Å²) >= 11 is 0. The topological polar surface area (TPSA) is 50.4 Å². The van der Waals surface area contributed by atoms with Gasteiger partial charge in [-0.2, -0.15) is 0 Å². The van der Waals surface area contributed by atoms with Crippen molar-refractivity contribution in [3.8, 4) is 0 Å². The van der Waals surface area contributed by atoms with Gasteiger partial charge in [-0.15, -0.1) is 0 Å². The van der Waals surface area contributed by atoms with Gasteiger partial charge in [-0.1, -0.05) is 37.3 Å². The Hall–Kier alpha value is -1.39. The summed E-state index contributed by atoms with van der Waals surface area (Å²) in [5.41, 5.74) is 1.08. The summed E-state index contributed by atoms with van der Waals surface area (Å²) in [5.74, 6) is 0.0450. The molecule has 1 aliphatic rings. The Morgan fingerprint density at radius 2 is 2.14 bits per heavy atom. The maximum absolute atomic E-state index is 11.9. The fraction of sp³-hybridized carbons (Fsp3) is 0.588. The highest BCUT2D eigenvalue weighted by Gasteiger charge is 2.31. The van der Waals surface area contributed by atoms with Crippen LogP contribution in [0, 0.1) is 0 Å². The molecule has 116 valence electrons. The van der Waals surface area contributed by atoms with Gasteiger partial charge in [0.25, 0.3) is 0 Å². The first-order valence-corrected chi connectivity index (χ1v) is 7.79. The van der Waals surface area contributed by atoms with Crippen LogP contribution in [0.3, 0.4) is 0 Å².